The molecule has 1 aliphatic rings. The number of amidine groups is 1. The second kappa shape index (κ2) is 6.31. The molecule has 1 unspecified atom stereocenters. The molecule has 140 valence electrons. The zero-order chi connectivity index (χ0) is 19.2. The van der Waals surface area contributed by atoms with E-state index in [-0.39, 0.29) is 6.04 Å². The minimum Gasteiger partial charge on any atom is -0.324 e. The van der Waals surface area contributed by atoms with Gasteiger partial charge in [-0.15, -0.1) is 0 Å². The molecule has 2 N–H and O–H groups in total. The highest BCUT2D eigenvalue weighted by molar-refractivity contribution is 5.98. The number of rotatable bonds is 2. The number of imidazole rings is 2. The van der Waals surface area contributed by atoms with E-state index in [1.165, 1.54) is 5.56 Å². The van der Waals surface area contributed by atoms with Gasteiger partial charge in [-0.25, -0.2) is 9.97 Å². The normalized spacial score (nSPS) is 16.0. The third-order valence-electron chi connectivity index (χ3n) is 5.35. The van der Waals surface area contributed by atoms with Crippen LogP contribution < -0.4 is 5.32 Å². The van der Waals surface area contributed by atoms with Crippen molar-refractivity contribution in [2.45, 2.75) is 12.5 Å². The number of aliphatic imine (C=N–C) groups is 1. The van der Waals surface area contributed by atoms with Gasteiger partial charge in [0.1, 0.15) is 5.84 Å². The van der Waals surface area contributed by atoms with Gasteiger partial charge < -0.3 is 14.9 Å². The van der Waals surface area contributed by atoms with Crippen LogP contribution in [0.5, 0.6) is 0 Å². The molecule has 29 heavy (non-hydrogen) atoms. The third kappa shape index (κ3) is 2.69. The summed E-state index contributed by atoms with van der Waals surface area (Å²) in [5, 5.41) is 3.39. The maximum atomic E-state index is 4.82. The fourth-order valence-corrected chi connectivity index (χ4v) is 4.03. The number of fused-ring (bicyclic) bond motifs is 4. The number of hydrogen-bond acceptors (Lipinski definition) is 4. The fraction of sp³-hybridized carbons (Fsp3) is 0.0870. The van der Waals surface area contributed by atoms with Crippen molar-refractivity contribution >= 4 is 39.8 Å². The molecule has 5 aromatic rings. The largest absolute Gasteiger partial charge is 0.324 e. The van der Waals surface area contributed by atoms with Gasteiger partial charge in [-0.3, -0.25) is 0 Å². The monoisotopic (exact) mass is 378 g/mol. The number of benzene rings is 3. The van der Waals surface area contributed by atoms with Crippen LogP contribution in [-0.2, 0) is 0 Å². The van der Waals surface area contributed by atoms with Gasteiger partial charge in [0.05, 0.1) is 28.1 Å². The quantitative estimate of drug-likeness (QED) is 0.452. The Bertz CT molecular complexity index is 1330. The molecule has 0 aliphatic carbocycles. The van der Waals surface area contributed by atoms with Gasteiger partial charge in [0.2, 0.25) is 11.9 Å². The predicted molar refractivity (Wildman–Crippen MR) is 116 cm³/mol. The summed E-state index contributed by atoms with van der Waals surface area (Å²) in [7, 11) is 0. The van der Waals surface area contributed by atoms with E-state index in [0.717, 1.165) is 34.3 Å². The first-order chi connectivity index (χ1) is 14.3. The van der Waals surface area contributed by atoms with E-state index in [4.69, 9.17) is 9.98 Å². The van der Waals surface area contributed by atoms with Crippen LogP contribution in [-0.4, -0.2) is 25.4 Å². The average molecular weight is 378 g/mol. The summed E-state index contributed by atoms with van der Waals surface area (Å²) in [5.41, 5.74) is 5.22. The van der Waals surface area contributed by atoms with E-state index in [0.29, 0.717) is 11.9 Å². The summed E-state index contributed by atoms with van der Waals surface area (Å²) >= 11 is 0. The lowest BCUT2D eigenvalue weighted by Crippen LogP contribution is -2.24. The standard InChI is InChI=1S/C23H18N6/c1-2-8-15(9-3-1)20-14-21(27-22-24-16-10-4-5-11-17(16)25-22)28-23-26-18-12-6-7-13-19(18)29(20)23/h1-13,20H,14H2,(H2,24,25,26,27,28). The van der Waals surface area contributed by atoms with Crippen LogP contribution in [0.1, 0.15) is 18.0 Å². The van der Waals surface area contributed by atoms with Crippen LogP contribution in [0.4, 0.5) is 11.9 Å². The van der Waals surface area contributed by atoms with E-state index < -0.39 is 0 Å². The van der Waals surface area contributed by atoms with Gasteiger partial charge in [-0.05, 0) is 29.8 Å². The molecular weight excluding hydrogens is 360 g/mol. The van der Waals surface area contributed by atoms with Crippen molar-refractivity contribution in [3.63, 3.8) is 0 Å². The van der Waals surface area contributed by atoms with Crippen molar-refractivity contribution in [3.8, 4) is 0 Å². The molecule has 3 aromatic carbocycles. The molecule has 1 atom stereocenters. The average Bonchev–Trinajstić information content (AvgIpc) is 3.34. The van der Waals surface area contributed by atoms with Gasteiger partial charge in [0.25, 0.3) is 0 Å². The maximum absolute atomic E-state index is 4.82. The Labute approximate surface area is 167 Å². The molecule has 6 rings (SSSR count). The summed E-state index contributed by atoms with van der Waals surface area (Å²) in [6.07, 6.45) is 0.731. The van der Waals surface area contributed by atoms with Crippen molar-refractivity contribution in [3.05, 3.63) is 84.4 Å². The first-order valence-corrected chi connectivity index (χ1v) is 9.66. The molecule has 0 saturated carbocycles. The second-order valence-corrected chi connectivity index (χ2v) is 7.19. The number of para-hydroxylation sites is 4. The third-order valence-corrected chi connectivity index (χ3v) is 5.35. The van der Waals surface area contributed by atoms with E-state index in [1.807, 2.05) is 48.5 Å². The van der Waals surface area contributed by atoms with Crippen LogP contribution in [0.15, 0.2) is 83.9 Å². The van der Waals surface area contributed by atoms with Crippen molar-refractivity contribution in [2.75, 3.05) is 5.32 Å². The number of nitrogens with one attached hydrogen (secondary N) is 2. The lowest BCUT2D eigenvalue weighted by molar-refractivity contribution is 0.611. The topological polar surface area (TPSA) is 70.9 Å². The Kier molecular flexibility index (Phi) is 3.49. The van der Waals surface area contributed by atoms with Crippen LogP contribution in [0.3, 0.4) is 0 Å². The van der Waals surface area contributed by atoms with E-state index in [9.17, 15) is 0 Å². The van der Waals surface area contributed by atoms with Gasteiger partial charge in [-0.1, -0.05) is 54.6 Å². The Hall–Kier alpha value is -3.93. The smallest absolute Gasteiger partial charge is 0.232 e. The van der Waals surface area contributed by atoms with Crippen molar-refractivity contribution in [1.82, 2.24) is 19.5 Å². The van der Waals surface area contributed by atoms with E-state index in [2.05, 4.69) is 50.2 Å². The number of anilines is 1. The second-order valence-electron chi connectivity index (χ2n) is 7.19. The van der Waals surface area contributed by atoms with Gasteiger partial charge in [-0.2, -0.15) is 4.99 Å². The lowest BCUT2D eigenvalue weighted by Gasteiger charge is -2.26. The predicted octanol–water partition coefficient (Wildman–Crippen LogP) is 5.05. The molecular formula is C23H18N6. The highest BCUT2D eigenvalue weighted by Crippen LogP contribution is 2.36. The number of hydrogen-bond donors (Lipinski definition) is 2. The first kappa shape index (κ1) is 16.1. The molecule has 0 amide bonds. The molecule has 6 nitrogen and oxygen atoms in total. The molecule has 6 heteroatoms. The Morgan fingerprint density at radius 3 is 2.45 bits per heavy atom. The number of aromatic amines is 1. The summed E-state index contributed by atoms with van der Waals surface area (Å²) < 4.78 is 2.23. The Morgan fingerprint density at radius 1 is 0.828 bits per heavy atom. The minimum absolute atomic E-state index is 0.114. The molecule has 3 heterocycles. The number of nitrogens with zero attached hydrogens (tertiary/aromatic N) is 4. The fourth-order valence-electron chi connectivity index (χ4n) is 4.03. The van der Waals surface area contributed by atoms with E-state index in [1.54, 1.807) is 0 Å². The molecule has 1 aliphatic heterocycles. The zero-order valence-corrected chi connectivity index (χ0v) is 15.6. The number of H-pyrrole nitrogens is 1. The molecule has 0 spiro atoms. The molecule has 0 radical (unpaired) electrons. The molecule has 0 saturated heterocycles. The Balaban J connectivity index is 1.46. The van der Waals surface area contributed by atoms with Crippen molar-refractivity contribution < 1.29 is 0 Å². The SMILES string of the molecule is c1ccc(C2CC(Nc3nc4ccccc4[nH]3)=Nc3nc4ccccc4n32)cc1. The highest BCUT2D eigenvalue weighted by atomic mass is 15.3. The molecule has 0 fully saturated rings. The highest BCUT2D eigenvalue weighted by Gasteiger charge is 2.27. The van der Waals surface area contributed by atoms with Crippen LogP contribution in [0.25, 0.3) is 22.1 Å². The van der Waals surface area contributed by atoms with Gasteiger partial charge in [0, 0.05) is 6.42 Å². The van der Waals surface area contributed by atoms with Crippen molar-refractivity contribution in [2.24, 2.45) is 4.99 Å². The minimum atomic E-state index is 0.114. The van der Waals surface area contributed by atoms with Gasteiger partial charge >= 0.3 is 0 Å². The summed E-state index contributed by atoms with van der Waals surface area (Å²) in [5.74, 6) is 2.26. The Morgan fingerprint density at radius 2 is 1.59 bits per heavy atom. The van der Waals surface area contributed by atoms with Gasteiger partial charge in [0.15, 0.2) is 0 Å². The maximum Gasteiger partial charge on any atom is 0.232 e. The summed E-state index contributed by atoms with van der Waals surface area (Å²) in [6, 6.07) is 26.8. The van der Waals surface area contributed by atoms with Crippen LogP contribution in [0.2, 0.25) is 0 Å². The zero-order valence-electron chi connectivity index (χ0n) is 15.6. The molecule has 0 bridgehead atoms. The first-order valence-electron chi connectivity index (χ1n) is 9.66. The summed E-state index contributed by atoms with van der Waals surface area (Å²) in [4.78, 5) is 17.5. The van der Waals surface area contributed by atoms with Crippen LogP contribution >= 0.6 is 0 Å². The molecule has 2 aromatic heterocycles. The van der Waals surface area contributed by atoms with Crippen molar-refractivity contribution in [1.29, 1.82) is 0 Å². The van der Waals surface area contributed by atoms with Crippen LogP contribution in [0, 0.1) is 0 Å². The number of aromatic nitrogens is 4. The summed E-state index contributed by atoms with van der Waals surface area (Å²) in [6.45, 7) is 0. The lowest BCUT2D eigenvalue weighted by atomic mass is 10.0. The van der Waals surface area contributed by atoms with E-state index >= 15 is 0 Å².